The smallest absolute Gasteiger partial charge is 0.0714 e. The van der Waals surface area contributed by atoms with Gasteiger partial charge in [-0.3, -0.25) is 0 Å². The van der Waals surface area contributed by atoms with Crippen molar-refractivity contribution in [2.75, 3.05) is 5.32 Å². The molecule has 2 nitrogen and oxygen atoms in total. The number of anilines is 2. The molecular weight excluding hydrogens is 761 g/mol. The SMILES string of the molecule is c1ccc(-c2ccc(-c3ccc4c(c3)c3ccccc3n4-c3ccccc3)cc2)cc1.c1ccc(Nc2ccc3c(c2)C(c2ccccc2)(c2ccccc2)c2ccccc2-3)cc1. The van der Waals surface area contributed by atoms with E-state index in [9.17, 15) is 0 Å². The van der Waals surface area contributed by atoms with Crippen LogP contribution < -0.4 is 5.32 Å². The monoisotopic (exact) mass is 804 g/mol. The van der Waals surface area contributed by atoms with Gasteiger partial charge in [0.1, 0.15) is 0 Å². The third kappa shape index (κ3) is 6.79. The maximum atomic E-state index is 3.60. The minimum atomic E-state index is -0.358. The van der Waals surface area contributed by atoms with E-state index in [1.807, 2.05) is 6.07 Å². The van der Waals surface area contributed by atoms with Gasteiger partial charge in [-0.25, -0.2) is 0 Å². The molecular formula is C61H44N2. The predicted molar refractivity (Wildman–Crippen MR) is 265 cm³/mol. The van der Waals surface area contributed by atoms with Gasteiger partial charge in [0.25, 0.3) is 0 Å². The lowest BCUT2D eigenvalue weighted by atomic mass is 9.67. The molecule has 0 amide bonds. The van der Waals surface area contributed by atoms with E-state index < -0.39 is 0 Å². The second-order valence-electron chi connectivity index (χ2n) is 16.1. The van der Waals surface area contributed by atoms with Crippen molar-refractivity contribution in [2.45, 2.75) is 5.41 Å². The van der Waals surface area contributed by atoms with Crippen molar-refractivity contribution in [1.29, 1.82) is 0 Å². The van der Waals surface area contributed by atoms with Gasteiger partial charge < -0.3 is 9.88 Å². The molecule has 0 radical (unpaired) electrons. The molecule has 10 aromatic carbocycles. The molecule has 0 aliphatic heterocycles. The summed E-state index contributed by atoms with van der Waals surface area (Å²) in [7, 11) is 0. The second-order valence-corrected chi connectivity index (χ2v) is 16.1. The van der Waals surface area contributed by atoms with Gasteiger partial charge in [0.15, 0.2) is 0 Å². The summed E-state index contributed by atoms with van der Waals surface area (Å²) in [5.41, 5.74) is 18.3. The zero-order valence-corrected chi connectivity index (χ0v) is 34.8. The van der Waals surface area contributed by atoms with Gasteiger partial charge in [0.2, 0.25) is 0 Å². The van der Waals surface area contributed by atoms with E-state index in [2.05, 4.69) is 265 Å². The number of nitrogens with one attached hydrogen (secondary N) is 1. The molecule has 1 aliphatic rings. The maximum Gasteiger partial charge on any atom is 0.0714 e. The van der Waals surface area contributed by atoms with E-state index in [1.54, 1.807) is 0 Å². The average Bonchev–Trinajstić information content (AvgIpc) is 3.86. The topological polar surface area (TPSA) is 17.0 Å². The first-order valence-electron chi connectivity index (χ1n) is 21.7. The number of hydrogen-bond donors (Lipinski definition) is 1. The molecule has 1 heterocycles. The number of aromatic nitrogens is 1. The fourth-order valence-corrected chi connectivity index (χ4v) is 9.70. The minimum Gasteiger partial charge on any atom is -0.356 e. The van der Waals surface area contributed by atoms with Crippen LogP contribution in [0.15, 0.2) is 261 Å². The molecule has 2 heteroatoms. The fourth-order valence-electron chi connectivity index (χ4n) is 9.70. The van der Waals surface area contributed by atoms with Gasteiger partial charge in [-0.2, -0.15) is 0 Å². The van der Waals surface area contributed by atoms with Crippen molar-refractivity contribution >= 4 is 33.2 Å². The Hall–Kier alpha value is -8.20. The van der Waals surface area contributed by atoms with Crippen molar-refractivity contribution in [2.24, 2.45) is 0 Å². The number of hydrogen-bond acceptors (Lipinski definition) is 1. The van der Waals surface area contributed by atoms with Crippen LogP contribution in [-0.2, 0) is 5.41 Å². The van der Waals surface area contributed by atoms with Crippen LogP contribution in [0.3, 0.4) is 0 Å². The first-order valence-corrected chi connectivity index (χ1v) is 21.7. The van der Waals surface area contributed by atoms with E-state index in [1.165, 1.54) is 83.1 Å². The highest BCUT2D eigenvalue weighted by molar-refractivity contribution is 6.10. The minimum absolute atomic E-state index is 0.358. The highest BCUT2D eigenvalue weighted by Crippen LogP contribution is 2.56. The first-order chi connectivity index (χ1) is 31.3. The summed E-state index contributed by atoms with van der Waals surface area (Å²) in [4.78, 5) is 0. The van der Waals surface area contributed by atoms with Crippen LogP contribution >= 0.6 is 0 Å². The lowest BCUT2D eigenvalue weighted by molar-refractivity contribution is 0.769. The van der Waals surface area contributed by atoms with Crippen LogP contribution in [0, 0.1) is 0 Å². The Morgan fingerprint density at radius 2 is 0.794 bits per heavy atom. The molecule has 0 saturated carbocycles. The molecule has 1 aromatic heterocycles. The molecule has 0 atom stereocenters. The Kier molecular flexibility index (Phi) is 9.80. The molecule has 11 aromatic rings. The third-order valence-electron chi connectivity index (χ3n) is 12.5. The first kappa shape index (κ1) is 37.8. The molecule has 0 fully saturated rings. The summed E-state index contributed by atoms with van der Waals surface area (Å²) in [6, 6.07) is 93.3. The van der Waals surface area contributed by atoms with Gasteiger partial charge in [-0.15, -0.1) is 0 Å². The van der Waals surface area contributed by atoms with Gasteiger partial charge >= 0.3 is 0 Å². The third-order valence-corrected chi connectivity index (χ3v) is 12.5. The zero-order chi connectivity index (χ0) is 42.0. The Morgan fingerprint density at radius 3 is 1.48 bits per heavy atom. The zero-order valence-electron chi connectivity index (χ0n) is 34.8. The summed E-state index contributed by atoms with van der Waals surface area (Å²) in [5, 5.41) is 6.16. The average molecular weight is 805 g/mol. The Bertz CT molecular complexity index is 3280. The van der Waals surface area contributed by atoms with Crippen molar-refractivity contribution in [1.82, 2.24) is 4.57 Å². The van der Waals surface area contributed by atoms with Crippen LogP contribution in [0.4, 0.5) is 11.4 Å². The highest BCUT2D eigenvalue weighted by Gasteiger charge is 2.46. The predicted octanol–water partition coefficient (Wildman–Crippen LogP) is 15.9. The molecule has 298 valence electrons. The van der Waals surface area contributed by atoms with Gasteiger partial charge in [0, 0.05) is 27.8 Å². The summed E-state index contributed by atoms with van der Waals surface area (Å²) in [6.45, 7) is 0. The van der Waals surface area contributed by atoms with Crippen LogP contribution in [0.1, 0.15) is 22.3 Å². The van der Waals surface area contributed by atoms with Crippen molar-refractivity contribution in [3.8, 4) is 39.1 Å². The number of benzene rings is 10. The van der Waals surface area contributed by atoms with E-state index in [0.29, 0.717) is 0 Å². The van der Waals surface area contributed by atoms with Crippen LogP contribution in [0.25, 0.3) is 60.9 Å². The Balaban J connectivity index is 0.000000141. The lowest BCUT2D eigenvalue weighted by Crippen LogP contribution is -2.28. The lowest BCUT2D eigenvalue weighted by Gasteiger charge is -2.34. The van der Waals surface area contributed by atoms with Crippen LogP contribution in [0.2, 0.25) is 0 Å². The maximum absolute atomic E-state index is 3.60. The van der Waals surface area contributed by atoms with Crippen molar-refractivity contribution in [3.63, 3.8) is 0 Å². The van der Waals surface area contributed by atoms with Crippen molar-refractivity contribution < 1.29 is 0 Å². The quantitative estimate of drug-likeness (QED) is 0.170. The summed E-state index contributed by atoms with van der Waals surface area (Å²) in [6.07, 6.45) is 0. The molecule has 0 spiro atoms. The Morgan fingerprint density at radius 1 is 0.302 bits per heavy atom. The largest absolute Gasteiger partial charge is 0.356 e. The number of para-hydroxylation sites is 3. The van der Waals surface area contributed by atoms with E-state index >= 15 is 0 Å². The van der Waals surface area contributed by atoms with Gasteiger partial charge in [0.05, 0.1) is 16.4 Å². The summed E-state index contributed by atoms with van der Waals surface area (Å²) < 4.78 is 2.35. The number of nitrogens with zero attached hydrogens (tertiary/aromatic N) is 1. The molecule has 0 saturated heterocycles. The van der Waals surface area contributed by atoms with Crippen LogP contribution in [-0.4, -0.2) is 4.57 Å². The highest BCUT2D eigenvalue weighted by atomic mass is 15.0. The van der Waals surface area contributed by atoms with Gasteiger partial charge in [-0.05, 0) is 110 Å². The summed E-state index contributed by atoms with van der Waals surface area (Å²) in [5.74, 6) is 0. The standard InChI is InChI=1S/C31H23N.C30H21N/c1-4-12-23(13-5-1)31(24-14-6-2-7-15-24)29-19-11-10-18-27(29)28-21-20-26(22-30(28)31)32-25-16-8-3-9-17-25;1-3-9-22(10-4-1)23-15-17-24(18-16-23)25-19-20-30-28(21-25)27-13-7-8-14-29(27)31(30)26-11-5-2-6-12-26/h1-22,32H;1-21H. The van der Waals surface area contributed by atoms with E-state index in [0.717, 1.165) is 11.4 Å². The second kappa shape index (κ2) is 16.3. The van der Waals surface area contributed by atoms with Gasteiger partial charge in [-0.1, -0.05) is 206 Å². The molecule has 1 N–H and O–H groups in total. The number of rotatable bonds is 7. The fraction of sp³-hybridized carbons (Fsp3) is 0.0164. The van der Waals surface area contributed by atoms with E-state index in [4.69, 9.17) is 0 Å². The Labute approximate surface area is 369 Å². The summed E-state index contributed by atoms with van der Waals surface area (Å²) >= 11 is 0. The molecule has 0 unspecified atom stereocenters. The molecule has 0 bridgehead atoms. The molecule has 63 heavy (non-hydrogen) atoms. The van der Waals surface area contributed by atoms with Crippen LogP contribution in [0.5, 0.6) is 0 Å². The molecule has 1 aliphatic carbocycles. The van der Waals surface area contributed by atoms with Crippen molar-refractivity contribution in [3.05, 3.63) is 283 Å². The van der Waals surface area contributed by atoms with E-state index in [-0.39, 0.29) is 5.41 Å². The number of fused-ring (bicyclic) bond motifs is 6. The molecule has 12 rings (SSSR count). The normalized spacial score (nSPS) is 12.3.